The van der Waals surface area contributed by atoms with Crippen LogP contribution >= 0.6 is 0 Å². The smallest absolute Gasteiger partial charge is 0.407 e. The third-order valence-electron chi connectivity index (χ3n) is 11.9. The number of alkyl carbamates (subject to hydrolysis) is 1. The third kappa shape index (κ3) is 6.50. The second kappa shape index (κ2) is 14.6. The lowest BCUT2D eigenvalue weighted by molar-refractivity contribution is -0.230. The fourth-order valence-electron chi connectivity index (χ4n) is 9.26. The van der Waals surface area contributed by atoms with E-state index in [2.05, 4.69) is 16.0 Å². The van der Waals surface area contributed by atoms with E-state index in [1.54, 1.807) is 31.2 Å². The summed E-state index contributed by atoms with van der Waals surface area (Å²) in [5, 5.41) is 30.5. The van der Waals surface area contributed by atoms with Crippen LogP contribution in [0, 0.1) is 22.7 Å². The van der Waals surface area contributed by atoms with Crippen LogP contribution in [0.4, 0.5) is 24.1 Å². The van der Waals surface area contributed by atoms with Crippen LogP contribution in [0.1, 0.15) is 51.5 Å². The van der Waals surface area contributed by atoms with Gasteiger partial charge < -0.3 is 47.1 Å². The highest BCUT2D eigenvalue weighted by atomic mass is 19.1. The summed E-state index contributed by atoms with van der Waals surface area (Å²) in [4.78, 5) is 61.8. The third-order valence-corrected chi connectivity index (χ3v) is 11.9. The number of nitrogens with one attached hydrogen (secondary N) is 3. The van der Waals surface area contributed by atoms with Gasteiger partial charge in [0.25, 0.3) is 0 Å². The molecule has 5 rings (SSSR count). The molecule has 0 unspecified atom stereocenters. The van der Waals surface area contributed by atoms with E-state index in [-0.39, 0.29) is 38.0 Å². The molecular weight excluding hydrogens is 684 g/mol. The monoisotopic (exact) mass is 731 g/mol. The van der Waals surface area contributed by atoms with Crippen molar-refractivity contribution in [1.82, 2.24) is 10.6 Å². The number of Topliss-reactive ketones (excluding diaryl/α,β-unsaturated/α-hetero) is 1. The van der Waals surface area contributed by atoms with Crippen LogP contribution in [-0.2, 0) is 30.5 Å². The summed E-state index contributed by atoms with van der Waals surface area (Å²) in [5.74, 6) is -3.56. The molecule has 0 radical (unpaired) electrons. The minimum atomic E-state index is -2.40. The summed E-state index contributed by atoms with van der Waals surface area (Å²) in [5.41, 5.74) is 4.51. The molecule has 0 saturated heterocycles. The number of anilines is 1. The molecule has 0 aliphatic heterocycles. The molecule has 3 fully saturated rings. The molecule has 9 N–H and O–H groups in total. The number of ketones is 2. The van der Waals surface area contributed by atoms with Crippen molar-refractivity contribution in [2.24, 2.45) is 34.1 Å². The number of aliphatic hydroxyl groups excluding tert-OH is 2. The lowest BCUT2D eigenvalue weighted by Gasteiger charge is -2.63. The molecule has 1 aromatic carbocycles. The molecule has 52 heavy (non-hydrogen) atoms. The van der Waals surface area contributed by atoms with Crippen molar-refractivity contribution in [3.8, 4) is 0 Å². The van der Waals surface area contributed by atoms with Crippen molar-refractivity contribution < 1.29 is 52.4 Å². The molecule has 14 nitrogen and oxygen atoms in total. The summed E-state index contributed by atoms with van der Waals surface area (Å²) in [7, 11) is 1.22. The Labute approximate surface area is 299 Å². The second-order valence-electron chi connectivity index (χ2n) is 14.6. The number of urea groups is 1. The van der Waals surface area contributed by atoms with Crippen LogP contribution in [0.5, 0.6) is 0 Å². The number of alkyl halides is 2. The molecule has 4 amide bonds. The van der Waals surface area contributed by atoms with Crippen LogP contribution in [-0.4, -0.2) is 95.7 Å². The molecule has 3 saturated carbocycles. The van der Waals surface area contributed by atoms with Crippen molar-refractivity contribution in [2.75, 3.05) is 25.5 Å². The first-order valence-corrected chi connectivity index (χ1v) is 17.3. The van der Waals surface area contributed by atoms with Crippen molar-refractivity contribution in [2.45, 2.75) is 88.2 Å². The van der Waals surface area contributed by atoms with Gasteiger partial charge in [-0.15, -0.1) is 0 Å². The summed E-state index contributed by atoms with van der Waals surface area (Å²) in [6, 6.07) is 4.92. The molecule has 10 atom stereocenters. The molecule has 16 heteroatoms. The van der Waals surface area contributed by atoms with E-state index in [0.717, 1.165) is 6.08 Å². The Morgan fingerprint density at radius 1 is 1.06 bits per heavy atom. The maximum absolute atomic E-state index is 17.4. The maximum Gasteiger partial charge on any atom is 0.407 e. The number of carbonyl (C=O) groups is 5. The second-order valence-corrected chi connectivity index (χ2v) is 14.6. The van der Waals surface area contributed by atoms with E-state index in [4.69, 9.17) is 20.9 Å². The molecule has 0 heterocycles. The summed E-state index contributed by atoms with van der Waals surface area (Å²) in [6.07, 6.45) is -2.27. The minimum absolute atomic E-state index is 0.0381. The van der Waals surface area contributed by atoms with Crippen molar-refractivity contribution >= 4 is 35.3 Å². The van der Waals surface area contributed by atoms with Crippen LogP contribution in [0.3, 0.4) is 0 Å². The first-order chi connectivity index (χ1) is 24.4. The number of halogens is 2. The van der Waals surface area contributed by atoms with E-state index < -0.39 is 94.5 Å². The molecule has 4 aliphatic rings. The van der Waals surface area contributed by atoms with Gasteiger partial charge in [0.05, 0.1) is 24.8 Å². The Morgan fingerprint density at radius 2 is 1.75 bits per heavy atom. The van der Waals surface area contributed by atoms with E-state index in [9.17, 15) is 34.2 Å². The van der Waals surface area contributed by atoms with Gasteiger partial charge >= 0.3 is 12.1 Å². The highest BCUT2D eigenvalue weighted by Crippen LogP contribution is 2.70. The SMILES string of the molecule is CO[C@]1(C(=O)CNC(=O)OCc2ccc(NC(=O)[C@@H](N)CCCNC(N)=O)cc2)[C@H](O)C[C@H]2[C@@H]3C[C@H](F)C4=CC(=O)C=C[C@]4(C)[C@@]3(F)[C@@H](O)C[C@@]21C. The number of carbonyl (C=O) groups excluding carboxylic acids is 5. The lowest BCUT2D eigenvalue weighted by Crippen LogP contribution is -2.71. The van der Waals surface area contributed by atoms with E-state index in [1.165, 1.54) is 26.2 Å². The van der Waals surface area contributed by atoms with Gasteiger partial charge in [-0.25, -0.2) is 18.4 Å². The summed E-state index contributed by atoms with van der Waals surface area (Å²) in [6.45, 7) is 2.55. The van der Waals surface area contributed by atoms with E-state index in [1.807, 2.05) is 0 Å². The Bertz CT molecular complexity index is 1660. The van der Waals surface area contributed by atoms with Gasteiger partial charge in [0, 0.05) is 36.1 Å². The molecular formula is C36H47F2N5O9. The fourth-order valence-corrected chi connectivity index (χ4v) is 9.26. The van der Waals surface area contributed by atoms with E-state index >= 15 is 8.78 Å². The number of methoxy groups -OCH3 is 1. The van der Waals surface area contributed by atoms with Crippen LogP contribution in [0.15, 0.2) is 48.1 Å². The first kappa shape index (κ1) is 39.0. The average Bonchev–Trinajstić information content (AvgIpc) is 3.32. The maximum atomic E-state index is 17.4. The Morgan fingerprint density at radius 3 is 2.40 bits per heavy atom. The number of ether oxygens (including phenoxy) is 2. The van der Waals surface area contributed by atoms with Crippen molar-refractivity contribution in [3.63, 3.8) is 0 Å². The van der Waals surface area contributed by atoms with Gasteiger partial charge in [-0.1, -0.05) is 25.1 Å². The number of aliphatic hydroxyl groups is 2. The zero-order valence-corrected chi connectivity index (χ0v) is 29.3. The van der Waals surface area contributed by atoms with E-state index in [0.29, 0.717) is 24.1 Å². The number of hydrogen-bond donors (Lipinski definition) is 7. The zero-order chi connectivity index (χ0) is 38.2. The predicted octanol–water partition coefficient (Wildman–Crippen LogP) is 1.87. The number of nitrogens with two attached hydrogens (primary N) is 2. The Kier molecular flexibility index (Phi) is 11.0. The molecule has 4 aliphatic carbocycles. The average molecular weight is 732 g/mol. The van der Waals surface area contributed by atoms with Crippen molar-refractivity contribution in [3.05, 3.63) is 53.6 Å². The number of allylic oxidation sites excluding steroid dienone is 4. The predicted molar refractivity (Wildman–Crippen MR) is 183 cm³/mol. The molecule has 1 aromatic rings. The highest BCUT2D eigenvalue weighted by Gasteiger charge is 2.77. The van der Waals surface area contributed by atoms with Crippen LogP contribution in [0.2, 0.25) is 0 Å². The normalized spacial score (nSPS) is 35.3. The van der Waals surface area contributed by atoms with Crippen molar-refractivity contribution in [1.29, 1.82) is 0 Å². The largest absolute Gasteiger partial charge is 0.445 e. The molecule has 0 aromatic heterocycles. The standard InChI is InChI=1S/C36H47F2N5O9/c1-33-11-10-21(44)13-24(33)25(37)14-23-22-15-27(45)36(51-3,34(22,2)16-28(46)35(23,33)38)29(47)17-42-32(50)52-18-19-6-8-20(9-7-19)43-30(48)26(39)5-4-12-41-31(40)49/h6-11,13,22-23,25-28,45-46H,4-5,12,14-18,39H2,1-3H3,(H,42,50)(H,43,48)(H3,40,41,49)/t22-,23-,25-,26-,27+,28-,33-,34-,35-,36-/m0/s1. The summed E-state index contributed by atoms with van der Waals surface area (Å²) < 4.78 is 44.2. The molecule has 284 valence electrons. The van der Waals surface area contributed by atoms with Gasteiger partial charge in [0.2, 0.25) is 5.91 Å². The number of benzene rings is 1. The first-order valence-electron chi connectivity index (χ1n) is 17.3. The number of primary amides is 1. The number of amides is 4. The Hall–Kier alpha value is -4.25. The quantitative estimate of drug-likeness (QED) is 0.154. The molecule has 0 spiro atoms. The van der Waals surface area contributed by atoms with Gasteiger partial charge in [-0.3, -0.25) is 14.4 Å². The molecule has 0 bridgehead atoms. The highest BCUT2D eigenvalue weighted by molar-refractivity contribution is 6.01. The zero-order valence-electron chi connectivity index (χ0n) is 29.3. The number of rotatable bonds is 12. The van der Waals surface area contributed by atoms with Crippen LogP contribution in [0.25, 0.3) is 0 Å². The number of fused-ring (bicyclic) bond motifs is 5. The van der Waals surface area contributed by atoms with Crippen LogP contribution < -0.4 is 27.4 Å². The summed E-state index contributed by atoms with van der Waals surface area (Å²) >= 11 is 0. The van der Waals surface area contributed by atoms with Gasteiger partial charge in [0.15, 0.2) is 22.8 Å². The van der Waals surface area contributed by atoms with Gasteiger partial charge in [-0.05, 0) is 80.4 Å². The fraction of sp³-hybridized carbons (Fsp3) is 0.583. The Balaban J connectivity index is 1.19. The minimum Gasteiger partial charge on any atom is -0.445 e. The van der Waals surface area contributed by atoms with Gasteiger partial charge in [-0.2, -0.15) is 0 Å². The van der Waals surface area contributed by atoms with Gasteiger partial charge in [0.1, 0.15) is 12.8 Å². The lowest BCUT2D eigenvalue weighted by atomic mass is 9.44. The number of hydrogen-bond acceptors (Lipinski definition) is 10. The topological polar surface area (TPSA) is 232 Å².